The van der Waals surface area contributed by atoms with Crippen LogP contribution in [0, 0.1) is 6.92 Å². The van der Waals surface area contributed by atoms with Crippen molar-refractivity contribution in [1.82, 2.24) is 9.88 Å². The molecule has 1 heterocycles. The molecule has 4 nitrogen and oxygen atoms in total. The number of aromatic nitrogens is 1. The van der Waals surface area contributed by atoms with Crippen molar-refractivity contribution in [2.75, 3.05) is 0 Å². The van der Waals surface area contributed by atoms with Crippen molar-refractivity contribution in [3.05, 3.63) is 23.0 Å². The molecule has 0 bridgehead atoms. The number of nitrogens with zero attached hydrogens (tertiary/aromatic N) is 1. The number of nitrogens with one attached hydrogen (secondary N) is 1. The molecule has 0 radical (unpaired) electrons. The predicted octanol–water partition coefficient (Wildman–Crippen LogP) is 2.19. The molecule has 3 rings (SSSR count). The van der Waals surface area contributed by atoms with Crippen LogP contribution in [-0.2, 0) is 17.8 Å². The topological polar surface area (TPSA) is 60.0 Å². The molecular weight excluding hydrogens is 250 g/mol. The largest absolute Gasteiger partial charge is 0.353 e. The van der Waals surface area contributed by atoms with E-state index in [1.54, 1.807) is 0 Å². The molecular formula is C16H25N3O. The highest BCUT2D eigenvalue weighted by Gasteiger charge is 2.24. The number of fused-ring (bicyclic) bond motifs is 1. The highest BCUT2D eigenvalue weighted by Crippen LogP contribution is 2.30. The molecule has 1 aromatic heterocycles. The smallest absolute Gasteiger partial charge is 0.220 e. The van der Waals surface area contributed by atoms with Crippen molar-refractivity contribution in [3.8, 4) is 0 Å². The van der Waals surface area contributed by atoms with E-state index in [4.69, 9.17) is 5.73 Å². The lowest BCUT2D eigenvalue weighted by atomic mass is 9.93. The summed E-state index contributed by atoms with van der Waals surface area (Å²) in [4.78, 5) is 11.7. The molecule has 2 aliphatic rings. The monoisotopic (exact) mass is 275 g/mol. The fourth-order valence-electron chi connectivity index (χ4n) is 3.24. The number of amides is 1. The van der Waals surface area contributed by atoms with Gasteiger partial charge in [0.25, 0.3) is 0 Å². The Bertz CT molecular complexity index is 502. The summed E-state index contributed by atoms with van der Waals surface area (Å²) < 4.78 is 2.37. The van der Waals surface area contributed by atoms with Gasteiger partial charge in [0.15, 0.2) is 0 Å². The third-order valence-electron chi connectivity index (χ3n) is 4.51. The van der Waals surface area contributed by atoms with Gasteiger partial charge in [0.2, 0.25) is 5.91 Å². The Balaban J connectivity index is 1.58. The van der Waals surface area contributed by atoms with E-state index >= 15 is 0 Å². The summed E-state index contributed by atoms with van der Waals surface area (Å²) in [6, 6.07) is 2.92. The van der Waals surface area contributed by atoms with Crippen molar-refractivity contribution < 1.29 is 4.79 Å². The Morgan fingerprint density at radius 2 is 2.25 bits per heavy atom. The molecule has 110 valence electrons. The quantitative estimate of drug-likeness (QED) is 0.865. The second-order valence-corrected chi connectivity index (χ2v) is 6.28. The summed E-state index contributed by atoms with van der Waals surface area (Å²) in [5.74, 6) is 0.211. The molecule has 0 aromatic carbocycles. The first kappa shape index (κ1) is 13.7. The minimum atomic E-state index is 0.205. The van der Waals surface area contributed by atoms with Crippen molar-refractivity contribution in [3.63, 3.8) is 0 Å². The summed E-state index contributed by atoms with van der Waals surface area (Å²) in [6.07, 6.45) is 7.28. The van der Waals surface area contributed by atoms with Crippen LogP contribution >= 0.6 is 0 Å². The van der Waals surface area contributed by atoms with E-state index in [0.717, 1.165) is 38.6 Å². The number of aryl methyl sites for hydroxylation is 1. The van der Waals surface area contributed by atoms with E-state index in [-0.39, 0.29) is 11.9 Å². The van der Waals surface area contributed by atoms with Gasteiger partial charge in [-0.2, -0.15) is 0 Å². The second kappa shape index (κ2) is 5.60. The van der Waals surface area contributed by atoms with E-state index in [0.29, 0.717) is 12.5 Å². The standard InChI is InChI=1S/C16H25N3O/c1-11-10-13-14(17)4-2-5-15(13)19(11)9-3-6-16(20)18-12-7-8-12/h10,12,14H,2-9,17H2,1H3,(H,18,20). The lowest BCUT2D eigenvalue weighted by molar-refractivity contribution is -0.121. The average molecular weight is 275 g/mol. The highest BCUT2D eigenvalue weighted by atomic mass is 16.1. The molecule has 3 N–H and O–H groups in total. The maximum atomic E-state index is 11.7. The first-order valence-electron chi connectivity index (χ1n) is 7.89. The van der Waals surface area contributed by atoms with Crippen molar-refractivity contribution in [1.29, 1.82) is 0 Å². The molecule has 2 aliphatic carbocycles. The molecule has 1 amide bonds. The Morgan fingerprint density at radius 3 is 3.00 bits per heavy atom. The van der Waals surface area contributed by atoms with Crippen LogP contribution < -0.4 is 11.1 Å². The number of hydrogen-bond donors (Lipinski definition) is 2. The average Bonchev–Trinajstić information content (AvgIpc) is 3.15. The van der Waals surface area contributed by atoms with Gasteiger partial charge in [0.1, 0.15) is 0 Å². The van der Waals surface area contributed by atoms with Gasteiger partial charge in [-0.3, -0.25) is 4.79 Å². The summed E-state index contributed by atoms with van der Waals surface area (Å²) in [7, 11) is 0. The van der Waals surface area contributed by atoms with Gasteiger partial charge in [-0.25, -0.2) is 0 Å². The number of nitrogens with two attached hydrogens (primary N) is 1. The summed E-state index contributed by atoms with van der Waals surface area (Å²) >= 11 is 0. The Hall–Kier alpha value is -1.29. The molecule has 1 saturated carbocycles. The molecule has 4 heteroatoms. The highest BCUT2D eigenvalue weighted by molar-refractivity contribution is 5.76. The molecule has 1 aromatic rings. The third kappa shape index (κ3) is 2.90. The number of carbonyl (C=O) groups is 1. The lowest BCUT2D eigenvalue weighted by Gasteiger charge is -2.21. The Morgan fingerprint density at radius 1 is 1.45 bits per heavy atom. The van der Waals surface area contributed by atoms with Crippen LogP contribution in [0.15, 0.2) is 6.07 Å². The minimum absolute atomic E-state index is 0.205. The fourth-order valence-corrected chi connectivity index (χ4v) is 3.24. The molecule has 1 unspecified atom stereocenters. The molecule has 20 heavy (non-hydrogen) atoms. The van der Waals surface area contributed by atoms with Gasteiger partial charge >= 0.3 is 0 Å². The minimum Gasteiger partial charge on any atom is -0.353 e. The van der Waals surface area contributed by atoms with Gasteiger partial charge in [-0.1, -0.05) is 0 Å². The fraction of sp³-hybridized carbons (Fsp3) is 0.688. The van der Waals surface area contributed by atoms with E-state index in [9.17, 15) is 4.79 Å². The van der Waals surface area contributed by atoms with Gasteiger partial charge in [0, 0.05) is 36.4 Å². The van der Waals surface area contributed by atoms with Gasteiger partial charge in [0.05, 0.1) is 0 Å². The zero-order chi connectivity index (χ0) is 14.1. The zero-order valence-electron chi connectivity index (χ0n) is 12.3. The van der Waals surface area contributed by atoms with Crippen molar-refractivity contribution in [2.24, 2.45) is 5.73 Å². The summed E-state index contributed by atoms with van der Waals surface area (Å²) in [5, 5.41) is 3.05. The number of hydrogen-bond acceptors (Lipinski definition) is 2. The van der Waals surface area contributed by atoms with Crippen LogP contribution in [0.25, 0.3) is 0 Å². The van der Waals surface area contributed by atoms with Crippen LogP contribution in [0.5, 0.6) is 0 Å². The van der Waals surface area contributed by atoms with E-state index < -0.39 is 0 Å². The molecule has 1 atom stereocenters. The Kier molecular flexibility index (Phi) is 3.83. The lowest BCUT2D eigenvalue weighted by Crippen LogP contribution is -2.25. The van der Waals surface area contributed by atoms with Crippen LogP contribution in [0.1, 0.15) is 61.5 Å². The third-order valence-corrected chi connectivity index (χ3v) is 4.51. The van der Waals surface area contributed by atoms with Gasteiger partial charge < -0.3 is 15.6 Å². The van der Waals surface area contributed by atoms with E-state index in [2.05, 4.69) is 22.9 Å². The van der Waals surface area contributed by atoms with Gasteiger partial charge in [-0.05, 0) is 57.1 Å². The first-order valence-corrected chi connectivity index (χ1v) is 7.89. The van der Waals surface area contributed by atoms with Crippen molar-refractivity contribution in [2.45, 2.75) is 70.5 Å². The zero-order valence-corrected chi connectivity index (χ0v) is 12.3. The van der Waals surface area contributed by atoms with Crippen LogP contribution in [-0.4, -0.2) is 16.5 Å². The Labute approximate surface area is 120 Å². The SMILES string of the molecule is Cc1cc2c(n1CCCC(=O)NC1CC1)CCCC2N. The summed E-state index contributed by atoms with van der Waals surface area (Å²) in [6.45, 7) is 3.08. The maximum Gasteiger partial charge on any atom is 0.220 e. The second-order valence-electron chi connectivity index (χ2n) is 6.28. The predicted molar refractivity (Wildman–Crippen MR) is 79.4 cm³/mol. The normalized spacial score (nSPS) is 21.6. The van der Waals surface area contributed by atoms with E-state index in [1.807, 2.05) is 0 Å². The first-order chi connectivity index (χ1) is 9.65. The number of carbonyl (C=O) groups excluding carboxylic acids is 1. The molecule has 0 saturated heterocycles. The maximum absolute atomic E-state index is 11.7. The summed E-state index contributed by atoms with van der Waals surface area (Å²) in [5.41, 5.74) is 10.2. The van der Waals surface area contributed by atoms with Crippen molar-refractivity contribution >= 4 is 5.91 Å². The van der Waals surface area contributed by atoms with E-state index in [1.165, 1.54) is 23.4 Å². The number of rotatable bonds is 5. The molecule has 0 spiro atoms. The molecule has 0 aliphatic heterocycles. The van der Waals surface area contributed by atoms with Gasteiger partial charge in [-0.15, -0.1) is 0 Å². The molecule has 1 fully saturated rings. The van der Waals surface area contributed by atoms with Crippen LogP contribution in [0.4, 0.5) is 0 Å². The van der Waals surface area contributed by atoms with Crippen LogP contribution in [0.3, 0.4) is 0 Å². The van der Waals surface area contributed by atoms with Crippen LogP contribution in [0.2, 0.25) is 0 Å².